The van der Waals surface area contributed by atoms with E-state index in [1.54, 1.807) is 0 Å². The number of amides is 1. The van der Waals surface area contributed by atoms with Crippen LogP contribution in [-0.4, -0.2) is 52.0 Å². The molecule has 0 bridgehead atoms. The molecule has 0 unspecified atom stereocenters. The highest BCUT2D eigenvalue weighted by atomic mass is 32.2. The molecular weight excluding hydrogens is 462 g/mol. The topological polar surface area (TPSA) is 156 Å². The molecule has 180 valence electrons. The van der Waals surface area contributed by atoms with E-state index in [9.17, 15) is 18.3 Å². The Labute approximate surface area is 196 Å². The van der Waals surface area contributed by atoms with Crippen LogP contribution in [0, 0.1) is 5.92 Å². The minimum Gasteiger partial charge on any atom is -0.464 e. The molecule has 1 aromatic carbocycles. The van der Waals surface area contributed by atoms with Crippen LogP contribution in [0.4, 0.5) is 10.6 Å². The van der Waals surface area contributed by atoms with Crippen molar-refractivity contribution in [3.8, 4) is 0 Å². The summed E-state index contributed by atoms with van der Waals surface area (Å²) in [6.07, 6.45) is 3.75. The Morgan fingerprint density at radius 3 is 2.85 bits per heavy atom. The Morgan fingerprint density at radius 2 is 2.03 bits per heavy atom. The van der Waals surface area contributed by atoms with E-state index >= 15 is 0 Å². The van der Waals surface area contributed by atoms with Crippen molar-refractivity contribution in [3.63, 3.8) is 0 Å². The Bertz CT molecular complexity index is 1330. The highest BCUT2D eigenvalue weighted by Gasteiger charge is 2.36. The van der Waals surface area contributed by atoms with Crippen LogP contribution in [0.15, 0.2) is 42.9 Å². The van der Waals surface area contributed by atoms with Crippen molar-refractivity contribution in [2.45, 2.75) is 43.9 Å². The molecule has 1 amide bonds. The molecule has 4 N–H and O–H groups in total. The molecule has 12 heteroatoms. The van der Waals surface area contributed by atoms with Gasteiger partial charge in [0.15, 0.2) is 0 Å². The highest BCUT2D eigenvalue weighted by Crippen LogP contribution is 2.39. The highest BCUT2D eigenvalue weighted by molar-refractivity contribution is 7.85. The number of anilines is 1. The van der Waals surface area contributed by atoms with Crippen LogP contribution in [-0.2, 0) is 20.9 Å². The second-order valence-corrected chi connectivity index (χ2v) is 10.1. The van der Waals surface area contributed by atoms with Gasteiger partial charge in [0, 0.05) is 18.2 Å². The molecule has 5 rings (SSSR count). The molecule has 0 radical (unpaired) electrons. The molecule has 1 saturated carbocycles. The van der Waals surface area contributed by atoms with Crippen LogP contribution in [0.3, 0.4) is 0 Å². The maximum absolute atomic E-state index is 11.6. The number of hydrogen-bond donors (Lipinski definition) is 4. The first-order chi connectivity index (χ1) is 16.3. The van der Waals surface area contributed by atoms with E-state index < -0.39 is 28.4 Å². The standard InChI is InChI=1S/C22H25N5O6S/c28-19-10-15(9-14(19)11-33-34(31,32)26-22(29)30)27-8-7-17-20(23-12-24-21(17)27)25-18-6-5-13-3-1-2-4-16(13)18/h1-4,7-8,12,14-15,18-19,26,28H,5-6,9-11H2,(H,29,30)(H,23,24,25)/t14-,15+,18+,19+/m0/s1. The number of hydrogen-bond acceptors (Lipinski definition) is 8. The summed E-state index contributed by atoms with van der Waals surface area (Å²) in [5.41, 5.74) is 3.35. The number of aliphatic hydroxyl groups is 1. The van der Waals surface area contributed by atoms with Gasteiger partial charge in [-0.1, -0.05) is 24.3 Å². The summed E-state index contributed by atoms with van der Waals surface area (Å²) in [6, 6.07) is 10.4. The molecule has 1 fully saturated rings. The van der Waals surface area contributed by atoms with Crippen LogP contribution in [0.2, 0.25) is 0 Å². The number of aryl methyl sites for hydroxylation is 1. The normalized spacial score (nSPS) is 24.3. The predicted molar refractivity (Wildman–Crippen MR) is 122 cm³/mol. The Kier molecular flexibility index (Phi) is 5.88. The molecule has 0 saturated heterocycles. The molecular formula is C22H25N5O6S. The Morgan fingerprint density at radius 1 is 1.21 bits per heavy atom. The third-order valence-electron chi connectivity index (χ3n) is 6.63. The average molecular weight is 488 g/mol. The quantitative estimate of drug-likeness (QED) is 0.393. The van der Waals surface area contributed by atoms with Crippen LogP contribution >= 0.6 is 0 Å². The van der Waals surface area contributed by atoms with Gasteiger partial charge in [0.05, 0.1) is 24.1 Å². The second-order valence-electron chi connectivity index (χ2n) is 8.72. The summed E-state index contributed by atoms with van der Waals surface area (Å²) >= 11 is 0. The molecule has 4 atom stereocenters. The van der Waals surface area contributed by atoms with Gasteiger partial charge in [-0.15, -0.1) is 0 Å². The zero-order valence-electron chi connectivity index (χ0n) is 18.2. The monoisotopic (exact) mass is 487 g/mol. The fraction of sp³-hybridized carbons (Fsp3) is 0.409. The molecule has 2 aromatic heterocycles. The van der Waals surface area contributed by atoms with Gasteiger partial charge in [-0.3, -0.25) is 4.18 Å². The lowest BCUT2D eigenvalue weighted by molar-refractivity contribution is 0.0997. The van der Waals surface area contributed by atoms with Crippen LogP contribution in [0.1, 0.15) is 42.5 Å². The van der Waals surface area contributed by atoms with Crippen molar-refractivity contribution < 1.29 is 27.6 Å². The van der Waals surface area contributed by atoms with Gasteiger partial charge >= 0.3 is 16.4 Å². The van der Waals surface area contributed by atoms with Gasteiger partial charge < -0.3 is 20.1 Å². The first kappa shape index (κ1) is 22.6. The summed E-state index contributed by atoms with van der Waals surface area (Å²) in [5, 5.41) is 23.5. The summed E-state index contributed by atoms with van der Waals surface area (Å²) in [6.45, 7) is -0.317. The third-order valence-corrected chi connectivity index (χ3v) is 7.50. The number of fused-ring (bicyclic) bond motifs is 2. The summed E-state index contributed by atoms with van der Waals surface area (Å²) in [7, 11) is -4.43. The lowest BCUT2D eigenvalue weighted by atomic mass is 10.1. The number of carboxylic acid groups (broad SMARTS) is 1. The zero-order chi connectivity index (χ0) is 23.9. The number of aromatic nitrogens is 3. The molecule has 11 nitrogen and oxygen atoms in total. The van der Waals surface area contributed by atoms with Crippen molar-refractivity contribution in [1.29, 1.82) is 0 Å². The average Bonchev–Trinajstić information content (AvgIpc) is 3.49. The first-order valence-corrected chi connectivity index (χ1v) is 12.5. The van der Waals surface area contributed by atoms with Crippen molar-refractivity contribution in [2.75, 3.05) is 11.9 Å². The van der Waals surface area contributed by atoms with E-state index in [1.807, 2.05) is 22.9 Å². The number of carbonyl (C=O) groups is 1. The number of aliphatic hydroxyl groups excluding tert-OH is 1. The van der Waals surface area contributed by atoms with Gasteiger partial charge in [0.2, 0.25) is 0 Å². The second kappa shape index (κ2) is 8.85. The molecule has 2 aliphatic carbocycles. The van der Waals surface area contributed by atoms with Crippen LogP contribution < -0.4 is 10.0 Å². The third kappa shape index (κ3) is 4.43. The lowest BCUT2D eigenvalue weighted by Crippen LogP contribution is -2.32. The number of benzene rings is 1. The smallest absolute Gasteiger partial charge is 0.420 e. The summed E-state index contributed by atoms with van der Waals surface area (Å²) in [5.74, 6) is 0.275. The molecule has 2 aliphatic rings. The van der Waals surface area contributed by atoms with Gasteiger partial charge in [0.1, 0.15) is 17.8 Å². The molecule has 2 heterocycles. The van der Waals surface area contributed by atoms with Crippen molar-refractivity contribution in [1.82, 2.24) is 19.3 Å². The number of rotatable bonds is 7. The molecule has 0 aliphatic heterocycles. The van der Waals surface area contributed by atoms with Crippen molar-refractivity contribution in [3.05, 3.63) is 54.0 Å². The van der Waals surface area contributed by atoms with E-state index in [4.69, 9.17) is 9.29 Å². The fourth-order valence-electron chi connectivity index (χ4n) is 5.05. The van der Waals surface area contributed by atoms with Gasteiger partial charge in [-0.2, -0.15) is 13.1 Å². The Hall–Kier alpha value is -3.22. The zero-order valence-corrected chi connectivity index (χ0v) is 19.0. The fourth-order valence-corrected chi connectivity index (χ4v) is 5.67. The Balaban J connectivity index is 1.31. The van der Waals surface area contributed by atoms with E-state index in [0.29, 0.717) is 12.8 Å². The maximum Gasteiger partial charge on any atom is 0.420 e. The van der Waals surface area contributed by atoms with Gasteiger partial charge in [-0.25, -0.2) is 14.8 Å². The van der Waals surface area contributed by atoms with E-state index in [1.165, 1.54) is 22.2 Å². The molecule has 3 aromatic rings. The molecule has 34 heavy (non-hydrogen) atoms. The maximum atomic E-state index is 11.6. The minimum atomic E-state index is -4.43. The largest absolute Gasteiger partial charge is 0.464 e. The number of nitrogens with zero attached hydrogens (tertiary/aromatic N) is 3. The van der Waals surface area contributed by atoms with Gasteiger partial charge in [0.25, 0.3) is 0 Å². The summed E-state index contributed by atoms with van der Waals surface area (Å²) < 4.78 is 31.3. The van der Waals surface area contributed by atoms with Crippen LogP contribution in [0.25, 0.3) is 11.0 Å². The first-order valence-electron chi connectivity index (χ1n) is 11.0. The predicted octanol–water partition coefficient (Wildman–Crippen LogP) is 2.37. The molecule has 0 spiro atoms. The van der Waals surface area contributed by atoms with Crippen LogP contribution in [0.5, 0.6) is 0 Å². The minimum absolute atomic E-state index is 0.119. The van der Waals surface area contributed by atoms with E-state index in [2.05, 4.69) is 33.5 Å². The SMILES string of the molecule is O=C(O)NS(=O)(=O)OC[C@@H]1C[C@@H](n2ccc3c(N[C@@H]4CCc5ccccc54)ncnc32)C[C@H]1O. The van der Waals surface area contributed by atoms with Crippen molar-refractivity contribution >= 4 is 33.2 Å². The van der Waals surface area contributed by atoms with Gasteiger partial charge in [-0.05, 0) is 42.9 Å². The number of nitrogens with one attached hydrogen (secondary N) is 2. The van der Waals surface area contributed by atoms with Crippen molar-refractivity contribution in [2.24, 2.45) is 5.92 Å². The summed E-state index contributed by atoms with van der Waals surface area (Å²) in [4.78, 5) is 19.5. The van der Waals surface area contributed by atoms with E-state index in [0.717, 1.165) is 29.7 Å². The van der Waals surface area contributed by atoms with E-state index in [-0.39, 0.29) is 18.7 Å². The lowest BCUT2D eigenvalue weighted by Gasteiger charge is -2.16.